The van der Waals surface area contributed by atoms with Gasteiger partial charge in [0.1, 0.15) is 11.5 Å². The van der Waals surface area contributed by atoms with Gasteiger partial charge in [-0.1, -0.05) is 25.8 Å². The van der Waals surface area contributed by atoms with Crippen LogP contribution in [0.1, 0.15) is 37.7 Å². The van der Waals surface area contributed by atoms with Crippen LogP contribution in [0.4, 0.5) is 0 Å². The minimum Gasteiger partial charge on any atom is -0.496 e. The Kier molecular flexibility index (Phi) is 5.49. The molecule has 0 saturated heterocycles. The van der Waals surface area contributed by atoms with Crippen LogP contribution in [0, 0.1) is 0 Å². The Morgan fingerprint density at radius 2 is 1.83 bits per heavy atom. The van der Waals surface area contributed by atoms with E-state index in [1.165, 1.54) is 14.2 Å². The number of carboxylic acids is 1. The molecule has 4 nitrogen and oxygen atoms in total. The van der Waals surface area contributed by atoms with E-state index >= 15 is 0 Å². The fourth-order valence-electron chi connectivity index (χ4n) is 2.02. The van der Waals surface area contributed by atoms with Gasteiger partial charge >= 0.3 is 5.97 Å². The maximum Gasteiger partial charge on any atom is 0.311 e. The van der Waals surface area contributed by atoms with Crippen LogP contribution in [-0.2, 0) is 4.79 Å². The molecule has 1 N–H and O–H groups in total. The van der Waals surface area contributed by atoms with Gasteiger partial charge in [0.15, 0.2) is 0 Å². The van der Waals surface area contributed by atoms with Gasteiger partial charge in [-0.2, -0.15) is 0 Å². The number of ether oxygens (including phenoxy) is 2. The molecule has 0 amide bonds. The van der Waals surface area contributed by atoms with E-state index in [9.17, 15) is 9.90 Å². The van der Waals surface area contributed by atoms with E-state index in [-0.39, 0.29) is 0 Å². The number of hydrogen-bond acceptors (Lipinski definition) is 3. The smallest absolute Gasteiger partial charge is 0.311 e. The Hall–Kier alpha value is -1.71. The van der Waals surface area contributed by atoms with Crippen molar-refractivity contribution in [2.24, 2.45) is 0 Å². The maximum atomic E-state index is 11.4. The predicted octanol–water partition coefficient (Wildman–Crippen LogP) is 3.06. The molecule has 0 aromatic heterocycles. The Morgan fingerprint density at radius 1 is 1.28 bits per heavy atom. The highest BCUT2D eigenvalue weighted by atomic mass is 16.5. The standard InChI is InChI=1S/C14H20O4/c1-4-5-7-10(14(15)16)13-11(17-2)8-6-9-12(13)18-3/h6,8-10H,4-5,7H2,1-3H3,(H,15,16). The van der Waals surface area contributed by atoms with Crippen molar-refractivity contribution in [3.63, 3.8) is 0 Å². The average molecular weight is 252 g/mol. The number of benzene rings is 1. The Labute approximate surface area is 108 Å². The van der Waals surface area contributed by atoms with Crippen molar-refractivity contribution >= 4 is 5.97 Å². The summed E-state index contributed by atoms with van der Waals surface area (Å²) >= 11 is 0. The number of unbranched alkanes of at least 4 members (excludes halogenated alkanes) is 1. The van der Waals surface area contributed by atoms with E-state index < -0.39 is 11.9 Å². The van der Waals surface area contributed by atoms with Crippen LogP contribution in [0.5, 0.6) is 11.5 Å². The molecule has 1 aromatic rings. The summed E-state index contributed by atoms with van der Waals surface area (Å²) in [5, 5.41) is 9.38. The Balaban J connectivity index is 3.19. The van der Waals surface area contributed by atoms with Gasteiger partial charge < -0.3 is 14.6 Å². The molecule has 1 rings (SSSR count). The van der Waals surface area contributed by atoms with Crippen LogP contribution < -0.4 is 9.47 Å². The molecule has 18 heavy (non-hydrogen) atoms. The van der Waals surface area contributed by atoms with Crippen LogP contribution in [0.25, 0.3) is 0 Å². The number of rotatable bonds is 7. The molecular formula is C14H20O4. The summed E-state index contributed by atoms with van der Waals surface area (Å²) in [6.45, 7) is 2.04. The fraction of sp³-hybridized carbons (Fsp3) is 0.500. The summed E-state index contributed by atoms with van der Waals surface area (Å²) in [5.41, 5.74) is 0.628. The highest BCUT2D eigenvalue weighted by Gasteiger charge is 2.26. The van der Waals surface area contributed by atoms with Crippen molar-refractivity contribution in [2.75, 3.05) is 14.2 Å². The highest BCUT2D eigenvalue weighted by Crippen LogP contribution is 2.37. The van der Waals surface area contributed by atoms with Crippen molar-refractivity contribution in [3.8, 4) is 11.5 Å². The second-order valence-electron chi connectivity index (χ2n) is 4.11. The van der Waals surface area contributed by atoms with Crippen LogP contribution in [0.3, 0.4) is 0 Å². The molecule has 0 fully saturated rings. The lowest BCUT2D eigenvalue weighted by molar-refractivity contribution is -0.139. The first kappa shape index (κ1) is 14.4. The number of hydrogen-bond donors (Lipinski definition) is 1. The third-order valence-corrected chi connectivity index (χ3v) is 2.96. The van der Waals surface area contributed by atoms with Gasteiger partial charge in [0, 0.05) is 0 Å². The largest absolute Gasteiger partial charge is 0.496 e. The van der Waals surface area contributed by atoms with Gasteiger partial charge in [-0.15, -0.1) is 0 Å². The monoisotopic (exact) mass is 252 g/mol. The molecule has 1 atom stereocenters. The molecule has 0 aliphatic rings. The van der Waals surface area contributed by atoms with Crippen LogP contribution in [0.2, 0.25) is 0 Å². The topological polar surface area (TPSA) is 55.8 Å². The fourth-order valence-corrected chi connectivity index (χ4v) is 2.02. The number of methoxy groups -OCH3 is 2. The SMILES string of the molecule is CCCCC(C(=O)O)c1c(OC)cccc1OC. The third-order valence-electron chi connectivity index (χ3n) is 2.96. The van der Waals surface area contributed by atoms with Crippen LogP contribution in [0.15, 0.2) is 18.2 Å². The average Bonchev–Trinajstić information content (AvgIpc) is 2.38. The quantitative estimate of drug-likeness (QED) is 0.810. The first-order valence-electron chi connectivity index (χ1n) is 6.09. The minimum atomic E-state index is -0.841. The van der Waals surface area contributed by atoms with E-state index in [4.69, 9.17) is 9.47 Å². The summed E-state index contributed by atoms with van der Waals surface area (Å²) in [6, 6.07) is 5.32. The third kappa shape index (κ3) is 3.15. The normalized spacial score (nSPS) is 11.9. The first-order valence-corrected chi connectivity index (χ1v) is 6.09. The molecular weight excluding hydrogens is 232 g/mol. The molecule has 0 heterocycles. The minimum absolute atomic E-state index is 0.567. The highest BCUT2D eigenvalue weighted by molar-refractivity contribution is 5.78. The van der Waals surface area contributed by atoms with Gasteiger partial charge in [-0.3, -0.25) is 4.79 Å². The van der Waals surface area contributed by atoms with E-state index in [2.05, 4.69) is 0 Å². The summed E-state index contributed by atoms with van der Waals surface area (Å²) in [5.74, 6) is -0.294. The van der Waals surface area contributed by atoms with E-state index in [1.54, 1.807) is 18.2 Å². The molecule has 0 saturated carbocycles. The molecule has 0 bridgehead atoms. The summed E-state index contributed by atoms with van der Waals surface area (Å²) in [6.07, 6.45) is 2.40. The maximum absolute atomic E-state index is 11.4. The lowest BCUT2D eigenvalue weighted by Gasteiger charge is -2.18. The zero-order valence-corrected chi connectivity index (χ0v) is 11.1. The molecule has 0 radical (unpaired) electrons. The number of carboxylic acid groups (broad SMARTS) is 1. The molecule has 1 aromatic carbocycles. The lowest BCUT2D eigenvalue weighted by Crippen LogP contribution is -2.14. The summed E-state index contributed by atoms with van der Waals surface area (Å²) in [7, 11) is 3.08. The summed E-state index contributed by atoms with van der Waals surface area (Å²) < 4.78 is 10.5. The van der Waals surface area contributed by atoms with Crippen molar-refractivity contribution in [1.29, 1.82) is 0 Å². The Morgan fingerprint density at radius 3 is 2.22 bits per heavy atom. The number of aliphatic carboxylic acids is 1. The van der Waals surface area contributed by atoms with Crippen molar-refractivity contribution in [1.82, 2.24) is 0 Å². The first-order chi connectivity index (χ1) is 8.65. The molecule has 0 spiro atoms. The molecule has 4 heteroatoms. The van der Waals surface area contributed by atoms with Gasteiger partial charge in [-0.05, 0) is 18.6 Å². The van der Waals surface area contributed by atoms with Crippen LogP contribution in [-0.4, -0.2) is 25.3 Å². The summed E-state index contributed by atoms with van der Waals surface area (Å²) in [4.78, 5) is 11.4. The van der Waals surface area contributed by atoms with Gasteiger partial charge in [0.25, 0.3) is 0 Å². The Bertz CT molecular complexity index is 379. The van der Waals surface area contributed by atoms with Crippen molar-refractivity contribution in [2.45, 2.75) is 32.1 Å². The van der Waals surface area contributed by atoms with E-state index in [0.717, 1.165) is 12.8 Å². The number of carbonyl (C=O) groups is 1. The van der Waals surface area contributed by atoms with Gasteiger partial charge in [0.2, 0.25) is 0 Å². The zero-order valence-electron chi connectivity index (χ0n) is 11.1. The van der Waals surface area contributed by atoms with Crippen molar-refractivity contribution in [3.05, 3.63) is 23.8 Å². The van der Waals surface area contributed by atoms with E-state index in [0.29, 0.717) is 23.5 Å². The second-order valence-corrected chi connectivity index (χ2v) is 4.11. The molecule has 0 aliphatic heterocycles. The predicted molar refractivity (Wildman–Crippen MR) is 69.4 cm³/mol. The molecule has 0 aliphatic carbocycles. The van der Waals surface area contributed by atoms with Gasteiger partial charge in [0.05, 0.1) is 25.7 Å². The molecule has 1 unspecified atom stereocenters. The van der Waals surface area contributed by atoms with Crippen molar-refractivity contribution < 1.29 is 19.4 Å². The molecule has 100 valence electrons. The van der Waals surface area contributed by atoms with Crippen LogP contribution >= 0.6 is 0 Å². The second kappa shape index (κ2) is 6.89. The van der Waals surface area contributed by atoms with E-state index in [1.807, 2.05) is 6.92 Å². The van der Waals surface area contributed by atoms with Gasteiger partial charge in [-0.25, -0.2) is 0 Å². The lowest BCUT2D eigenvalue weighted by atomic mass is 9.92. The zero-order chi connectivity index (χ0) is 13.5.